The number of methoxy groups -OCH3 is 1. The third kappa shape index (κ3) is 3.97. The van der Waals surface area contributed by atoms with Crippen molar-refractivity contribution in [2.45, 2.75) is 32.2 Å². The van der Waals surface area contributed by atoms with Crippen molar-refractivity contribution in [1.29, 1.82) is 0 Å². The Labute approximate surface area is 79.3 Å². The zero-order valence-corrected chi connectivity index (χ0v) is 8.89. The van der Waals surface area contributed by atoms with Gasteiger partial charge in [0.05, 0.1) is 7.11 Å². The zero-order valence-electron chi connectivity index (χ0n) is 8.00. The molecule has 0 rings (SSSR count). The van der Waals surface area contributed by atoms with Crippen LogP contribution in [0.5, 0.6) is 0 Å². The van der Waals surface area contributed by atoms with E-state index < -0.39 is 0 Å². The van der Waals surface area contributed by atoms with Crippen LogP contribution in [-0.2, 0) is 9.53 Å². The number of thiol groups is 1. The van der Waals surface area contributed by atoms with E-state index in [1.807, 2.05) is 20.8 Å². The van der Waals surface area contributed by atoms with Crippen molar-refractivity contribution in [3.8, 4) is 0 Å². The van der Waals surface area contributed by atoms with E-state index >= 15 is 0 Å². The lowest BCUT2D eigenvalue weighted by molar-refractivity contribution is -0.144. The molecule has 0 radical (unpaired) electrons. The Morgan fingerprint density at radius 2 is 1.92 bits per heavy atom. The second-order valence-electron chi connectivity index (χ2n) is 3.09. The van der Waals surface area contributed by atoms with E-state index in [9.17, 15) is 4.79 Å². The lowest BCUT2D eigenvalue weighted by atomic mass is 10.1. The van der Waals surface area contributed by atoms with Crippen LogP contribution in [0.25, 0.3) is 0 Å². The van der Waals surface area contributed by atoms with Gasteiger partial charge in [-0.05, 0) is 12.8 Å². The molecule has 4 heteroatoms. The first-order valence-electron chi connectivity index (χ1n) is 4.01. The second-order valence-corrected chi connectivity index (χ2v) is 3.86. The summed E-state index contributed by atoms with van der Waals surface area (Å²) in [4.78, 5) is 11.2. The first-order valence-corrected chi connectivity index (χ1v) is 4.52. The van der Waals surface area contributed by atoms with Gasteiger partial charge in [0, 0.05) is 5.37 Å². The Morgan fingerprint density at radius 3 is 2.17 bits per heavy atom. The molecule has 0 aliphatic rings. The van der Waals surface area contributed by atoms with Crippen LogP contribution in [-0.4, -0.2) is 24.5 Å². The van der Waals surface area contributed by atoms with E-state index in [0.29, 0.717) is 0 Å². The molecule has 3 nitrogen and oxygen atoms in total. The summed E-state index contributed by atoms with van der Waals surface area (Å²) in [6.07, 6.45) is 0. The summed E-state index contributed by atoms with van der Waals surface area (Å²) < 4.78 is 4.64. The van der Waals surface area contributed by atoms with Crippen LogP contribution < -0.4 is 5.32 Å². The minimum Gasteiger partial charge on any atom is -0.468 e. The Bertz CT molecular complexity index is 148. The minimum absolute atomic E-state index is 0.00324. The fourth-order valence-electron chi connectivity index (χ4n) is 0.919. The number of hydrogen-bond acceptors (Lipinski definition) is 4. The molecule has 0 aromatic carbocycles. The third-order valence-corrected chi connectivity index (χ3v) is 1.69. The van der Waals surface area contributed by atoms with Crippen LogP contribution in [0, 0.1) is 5.92 Å². The van der Waals surface area contributed by atoms with Gasteiger partial charge in [0.1, 0.15) is 6.04 Å². The van der Waals surface area contributed by atoms with Crippen LogP contribution in [0.4, 0.5) is 0 Å². The summed E-state index contributed by atoms with van der Waals surface area (Å²) in [6, 6.07) is -0.262. The molecule has 0 amide bonds. The maximum Gasteiger partial charge on any atom is 0.323 e. The van der Waals surface area contributed by atoms with E-state index in [-0.39, 0.29) is 23.3 Å². The van der Waals surface area contributed by atoms with Gasteiger partial charge in [0.2, 0.25) is 0 Å². The predicted octanol–water partition coefficient (Wildman–Crippen LogP) is 1.05. The standard InChI is InChI=1S/C8H17NO2S/c1-5(2)7(8(10)11-4)9-6(3)12/h5-7,9,12H,1-4H3/t6?,7-/m0/s1. The molecule has 0 fully saturated rings. The number of carbonyl (C=O) groups excluding carboxylic acids is 1. The highest BCUT2D eigenvalue weighted by atomic mass is 32.1. The van der Waals surface area contributed by atoms with E-state index in [2.05, 4.69) is 22.7 Å². The monoisotopic (exact) mass is 191 g/mol. The highest BCUT2D eigenvalue weighted by Gasteiger charge is 2.22. The van der Waals surface area contributed by atoms with Gasteiger partial charge in [0.15, 0.2) is 0 Å². The van der Waals surface area contributed by atoms with Crippen molar-refractivity contribution < 1.29 is 9.53 Å². The van der Waals surface area contributed by atoms with Crippen molar-refractivity contribution in [2.24, 2.45) is 5.92 Å². The average molecular weight is 191 g/mol. The quantitative estimate of drug-likeness (QED) is 0.396. The van der Waals surface area contributed by atoms with Crippen molar-refractivity contribution in [2.75, 3.05) is 7.11 Å². The number of rotatable bonds is 4. The molecule has 0 saturated carbocycles. The Kier molecular flexibility index (Phi) is 5.33. The predicted molar refractivity (Wildman–Crippen MR) is 52.2 cm³/mol. The minimum atomic E-state index is -0.262. The van der Waals surface area contributed by atoms with E-state index in [1.54, 1.807) is 0 Å². The highest BCUT2D eigenvalue weighted by molar-refractivity contribution is 7.80. The summed E-state index contributed by atoms with van der Waals surface area (Å²) in [5.74, 6) is -0.0158. The molecule has 72 valence electrons. The molecule has 0 aliphatic heterocycles. The number of ether oxygens (including phenoxy) is 1. The van der Waals surface area contributed by atoms with Gasteiger partial charge in [-0.3, -0.25) is 10.1 Å². The van der Waals surface area contributed by atoms with E-state index in [4.69, 9.17) is 0 Å². The van der Waals surface area contributed by atoms with E-state index in [0.717, 1.165) is 0 Å². The third-order valence-electron chi connectivity index (χ3n) is 1.54. The van der Waals surface area contributed by atoms with Gasteiger partial charge < -0.3 is 4.74 Å². The van der Waals surface area contributed by atoms with Crippen molar-refractivity contribution in [1.82, 2.24) is 5.32 Å². The Morgan fingerprint density at radius 1 is 1.42 bits per heavy atom. The Balaban J connectivity index is 4.13. The molecule has 0 aromatic rings. The number of nitrogens with one attached hydrogen (secondary N) is 1. The first-order chi connectivity index (χ1) is 5.49. The maximum absolute atomic E-state index is 11.2. The van der Waals surface area contributed by atoms with Crippen LogP contribution in [0.15, 0.2) is 0 Å². The zero-order chi connectivity index (χ0) is 9.72. The Hall–Kier alpha value is -0.220. The molecule has 1 N–H and O–H groups in total. The molecule has 0 saturated heterocycles. The fourth-order valence-corrected chi connectivity index (χ4v) is 1.08. The molecule has 0 aliphatic carbocycles. The van der Waals surface area contributed by atoms with Gasteiger partial charge in [-0.15, -0.1) is 0 Å². The second kappa shape index (κ2) is 5.43. The maximum atomic E-state index is 11.2. The number of esters is 1. The van der Waals surface area contributed by atoms with Gasteiger partial charge in [-0.2, -0.15) is 12.6 Å². The molecule has 12 heavy (non-hydrogen) atoms. The molecular weight excluding hydrogens is 174 g/mol. The summed E-state index contributed by atoms with van der Waals surface area (Å²) in [5.41, 5.74) is 0. The SMILES string of the molecule is COC(=O)[C@@H](NC(C)S)C(C)C. The van der Waals surface area contributed by atoms with Crippen molar-refractivity contribution >= 4 is 18.6 Å². The van der Waals surface area contributed by atoms with Crippen LogP contribution in [0.2, 0.25) is 0 Å². The summed E-state index contributed by atoms with van der Waals surface area (Å²) in [5, 5.41) is 3.02. The van der Waals surface area contributed by atoms with Gasteiger partial charge in [-0.1, -0.05) is 13.8 Å². The number of hydrogen-bond donors (Lipinski definition) is 2. The summed E-state index contributed by atoms with van der Waals surface area (Å²) in [6.45, 7) is 5.80. The molecule has 1 unspecified atom stereocenters. The summed E-state index contributed by atoms with van der Waals surface area (Å²) in [7, 11) is 1.39. The fraction of sp³-hybridized carbons (Fsp3) is 0.875. The average Bonchev–Trinajstić information content (AvgIpc) is 1.98. The van der Waals surface area contributed by atoms with Gasteiger partial charge >= 0.3 is 5.97 Å². The van der Waals surface area contributed by atoms with Crippen molar-refractivity contribution in [3.05, 3.63) is 0 Å². The summed E-state index contributed by atoms with van der Waals surface area (Å²) >= 11 is 4.15. The molecule has 2 atom stereocenters. The lowest BCUT2D eigenvalue weighted by Crippen LogP contribution is -2.44. The van der Waals surface area contributed by atoms with Crippen molar-refractivity contribution in [3.63, 3.8) is 0 Å². The lowest BCUT2D eigenvalue weighted by Gasteiger charge is -2.21. The van der Waals surface area contributed by atoms with Gasteiger partial charge in [-0.25, -0.2) is 0 Å². The van der Waals surface area contributed by atoms with Gasteiger partial charge in [0.25, 0.3) is 0 Å². The molecule has 0 spiro atoms. The molecule has 0 aromatic heterocycles. The van der Waals surface area contributed by atoms with Crippen LogP contribution in [0.3, 0.4) is 0 Å². The molecule has 0 bridgehead atoms. The van der Waals surface area contributed by atoms with Crippen LogP contribution in [0.1, 0.15) is 20.8 Å². The first kappa shape index (κ1) is 11.8. The molecule has 0 heterocycles. The molecular formula is C8H17NO2S. The largest absolute Gasteiger partial charge is 0.468 e. The van der Waals surface area contributed by atoms with Crippen LogP contribution >= 0.6 is 12.6 Å². The normalized spacial score (nSPS) is 15.8. The van der Waals surface area contributed by atoms with E-state index in [1.165, 1.54) is 7.11 Å². The number of carbonyl (C=O) groups is 1. The topological polar surface area (TPSA) is 38.3 Å². The highest BCUT2D eigenvalue weighted by Crippen LogP contribution is 2.05. The smallest absolute Gasteiger partial charge is 0.323 e.